The fraction of sp³-hybridized carbons (Fsp3) is 0.238. The monoisotopic (exact) mass is 312 g/mol. The van der Waals surface area contributed by atoms with Crippen molar-refractivity contribution in [3.8, 4) is 0 Å². The highest BCUT2D eigenvalue weighted by Gasteiger charge is 2.38. The minimum Gasteiger partial charge on any atom is -0.378 e. The summed E-state index contributed by atoms with van der Waals surface area (Å²) in [7, 11) is 6.51. The van der Waals surface area contributed by atoms with E-state index in [-0.39, 0.29) is 6.04 Å². The summed E-state index contributed by atoms with van der Waals surface area (Å²) >= 11 is 0. The van der Waals surface area contributed by atoms with Gasteiger partial charge >= 0.3 is 0 Å². The van der Waals surface area contributed by atoms with Gasteiger partial charge in [-0.1, -0.05) is 48.5 Å². The molecule has 0 spiro atoms. The van der Waals surface area contributed by atoms with Crippen LogP contribution in [0.25, 0.3) is 10.9 Å². The van der Waals surface area contributed by atoms with Crippen molar-refractivity contribution in [3.63, 3.8) is 0 Å². The lowest BCUT2D eigenvalue weighted by atomic mass is 9.73. The lowest BCUT2D eigenvalue weighted by molar-refractivity contribution is 0.455. The van der Waals surface area contributed by atoms with Crippen molar-refractivity contribution in [2.24, 2.45) is 5.92 Å². The van der Waals surface area contributed by atoms with Gasteiger partial charge in [-0.05, 0) is 47.9 Å². The number of H-pyrrole nitrogens is 1. The topological polar surface area (TPSA) is 27.8 Å². The van der Waals surface area contributed by atoms with Crippen molar-refractivity contribution in [1.82, 2.24) is 4.98 Å². The quantitative estimate of drug-likeness (QED) is 0.498. The number of hydrogen-bond acceptors (Lipinski definition) is 1. The van der Waals surface area contributed by atoms with E-state index in [1.54, 1.807) is 0 Å². The summed E-state index contributed by atoms with van der Waals surface area (Å²) in [5.41, 5.74) is 5.59. The van der Waals surface area contributed by atoms with Gasteiger partial charge in [0.1, 0.15) is 7.85 Å². The maximum absolute atomic E-state index is 6.51. The molecule has 4 rings (SSSR count). The lowest BCUT2D eigenvalue weighted by Gasteiger charge is -2.39. The van der Waals surface area contributed by atoms with E-state index in [0.717, 1.165) is 28.5 Å². The third-order valence-corrected chi connectivity index (χ3v) is 5.26. The number of aromatic nitrogens is 1. The predicted octanol–water partition coefficient (Wildman–Crippen LogP) is 4.10. The highest BCUT2D eigenvalue weighted by molar-refractivity contribution is 6.42. The Hall–Kier alpha value is -2.42. The van der Waals surface area contributed by atoms with E-state index in [1.807, 2.05) is 18.3 Å². The molecule has 2 radical (unpaired) electrons. The van der Waals surface area contributed by atoms with Crippen LogP contribution in [0.5, 0.6) is 0 Å². The molecule has 0 amide bonds. The van der Waals surface area contributed by atoms with Gasteiger partial charge in [0.2, 0.25) is 0 Å². The van der Waals surface area contributed by atoms with Crippen LogP contribution in [-0.2, 0) is 0 Å². The molecule has 118 valence electrons. The minimum absolute atomic E-state index is 0.241. The fourth-order valence-electron chi connectivity index (χ4n) is 4.21. The second-order valence-electron chi connectivity index (χ2n) is 6.57. The van der Waals surface area contributed by atoms with E-state index in [0.29, 0.717) is 11.8 Å². The Morgan fingerprint density at radius 2 is 2.29 bits per heavy atom. The third kappa shape index (κ3) is 2.19. The molecule has 1 aromatic heterocycles. The largest absolute Gasteiger partial charge is 0.378 e. The van der Waals surface area contributed by atoms with E-state index >= 15 is 0 Å². The number of rotatable bonds is 3. The standard InChI is InChI=1S/C21H21BN2/c1-3-6-13(7-4-2)20-15-9-5-8-14(15)17-12-18-16(10-11-23-18)19(22)21(17)24-20/h3-8,10-12,14-15,20,23-24H,1,9H2,2H3/b7-4-,13-6+. The maximum Gasteiger partial charge on any atom is 0.117 e. The second kappa shape index (κ2) is 5.90. The van der Waals surface area contributed by atoms with Crippen LogP contribution in [0.15, 0.2) is 66.9 Å². The van der Waals surface area contributed by atoms with Gasteiger partial charge in [0, 0.05) is 23.3 Å². The molecule has 2 N–H and O–H groups in total. The zero-order valence-corrected chi connectivity index (χ0v) is 13.9. The van der Waals surface area contributed by atoms with Crippen molar-refractivity contribution >= 4 is 29.9 Å². The molecule has 0 bridgehead atoms. The molecule has 3 unspecified atom stereocenters. The summed E-state index contributed by atoms with van der Waals surface area (Å²) in [4.78, 5) is 3.30. The van der Waals surface area contributed by atoms with Gasteiger partial charge in [-0.2, -0.15) is 0 Å². The highest BCUT2D eigenvalue weighted by atomic mass is 15.0. The van der Waals surface area contributed by atoms with Crippen LogP contribution < -0.4 is 10.8 Å². The first-order valence-electron chi connectivity index (χ1n) is 8.52. The van der Waals surface area contributed by atoms with Crippen LogP contribution in [0, 0.1) is 5.92 Å². The number of benzene rings is 1. The van der Waals surface area contributed by atoms with Crippen LogP contribution in [-0.4, -0.2) is 18.9 Å². The zero-order chi connectivity index (χ0) is 16.7. The van der Waals surface area contributed by atoms with E-state index < -0.39 is 0 Å². The maximum atomic E-state index is 6.51. The molecule has 24 heavy (non-hydrogen) atoms. The first kappa shape index (κ1) is 15.1. The van der Waals surface area contributed by atoms with E-state index in [9.17, 15) is 0 Å². The van der Waals surface area contributed by atoms with Crippen LogP contribution >= 0.6 is 0 Å². The Bertz CT molecular complexity index is 885. The van der Waals surface area contributed by atoms with Gasteiger partial charge in [-0.3, -0.25) is 0 Å². The van der Waals surface area contributed by atoms with E-state index in [4.69, 9.17) is 7.85 Å². The number of allylic oxidation sites excluding steroid dienone is 5. The molecule has 0 saturated carbocycles. The van der Waals surface area contributed by atoms with Crippen LogP contribution in [0.2, 0.25) is 0 Å². The SMILES string of the molecule is [B]c1c2c(cc3[nH]ccc13)C1C=CCC1C(C(/C=C\C)=C/C=C)N2. The third-order valence-electron chi connectivity index (χ3n) is 5.26. The van der Waals surface area contributed by atoms with Crippen LogP contribution in [0.1, 0.15) is 24.8 Å². The lowest BCUT2D eigenvalue weighted by Crippen LogP contribution is -2.39. The Labute approximate surface area is 144 Å². The highest BCUT2D eigenvalue weighted by Crippen LogP contribution is 2.46. The molecular weight excluding hydrogens is 291 g/mol. The Kier molecular flexibility index (Phi) is 3.72. The number of aromatic amines is 1. The molecule has 0 fully saturated rings. The first-order valence-corrected chi connectivity index (χ1v) is 8.52. The number of hydrogen-bond donors (Lipinski definition) is 2. The second-order valence-corrected chi connectivity index (χ2v) is 6.57. The van der Waals surface area contributed by atoms with E-state index in [1.165, 1.54) is 11.1 Å². The Morgan fingerprint density at radius 3 is 3.08 bits per heavy atom. The van der Waals surface area contributed by atoms with Gasteiger partial charge in [0.15, 0.2) is 0 Å². The summed E-state index contributed by atoms with van der Waals surface area (Å²) in [5, 5.41) is 4.83. The molecule has 1 aliphatic carbocycles. The first-order chi connectivity index (χ1) is 11.7. The molecule has 1 aliphatic heterocycles. The summed E-state index contributed by atoms with van der Waals surface area (Å²) in [6.07, 6.45) is 15.9. The molecule has 1 aromatic carbocycles. The average molecular weight is 312 g/mol. The molecule has 3 heteroatoms. The average Bonchev–Trinajstić information content (AvgIpc) is 3.23. The van der Waals surface area contributed by atoms with Crippen molar-refractivity contribution < 1.29 is 0 Å². The molecule has 3 atom stereocenters. The molecule has 2 heterocycles. The van der Waals surface area contributed by atoms with Crippen LogP contribution in [0.4, 0.5) is 5.69 Å². The molecule has 2 aliphatic rings. The predicted molar refractivity (Wildman–Crippen MR) is 104 cm³/mol. The van der Waals surface area contributed by atoms with Crippen molar-refractivity contribution in [2.45, 2.75) is 25.3 Å². The van der Waals surface area contributed by atoms with E-state index in [2.05, 4.69) is 60.2 Å². The smallest absolute Gasteiger partial charge is 0.117 e. The molecule has 2 aromatic rings. The number of fused-ring (bicyclic) bond motifs is 4. The van der Waals surface area contributed by atoms with Gasteiger partial charge in [0.05, 0.1) is 6.04 Å². The van der Waals surface area contributed by atoms with Crippen molar-refractivity contribution in [2.75, 3.05) is 5.32 Å². The van der Waals surface area contributed by atoms with Gasteiger partial charge in [-0.15, -0.1) is 0 Å². The summed E-state index contributed by atoms with van der Waals surface area (Å²) in [6, 6.07) is 4.54. The number of nitrogens with one attached hydrogen (secondary N) is 2. The number of anilines is 1. The van der Waals surface area contributed by atoms with Crippen molar-refractivity contribution in [1.29, 1.82) is 0 Å². The fourth-order valence-corrected chi connectivity index (χ4v) is 4.21. The normalized spacial score (nSPS) is 25.7. The van der Waals surface area contributed by atoms with Gasteiger partial charge in [-0.25, -0.2) is 0 Å². The van der Waals surface area contributed by atoms with Gasteiger partial charge in [0.25, 0.3) is 0 Å². The molecule has 0 saturated heterocycles. The van der Waals surface area contributed by atoms with Crippen LogP contribution in [0.3, 0.4) is 0 Å². The van der Waals surface area contributed by atoms with Gasteiger partial charge < -0.3 is 10.3 Å². The zero-order valence-electron chi connectivity index (χ0n) is 13.9. The Balaban J connectivity index is 1.89. The van der Waals surface area contributed by atoms with Crippen molar-refractivity contribution in [3.05, 3.63) is 72.5 Å². The summed E-state index contributed by atoms with van der Waals surface area (Å²) in [6.45, 7) is 5.93. The molecule has 2 nitrogen and oxygen atoms in total. The summed E-state index contributed by atoms with van der Waals surface area (Å²) < 4.78 is 0. The Morgan fingerprint density at radius 1 is 1.42 bits per heavy atom. The minimum atomic E-state index is 0.241. The molecular formula is C21H21BN2. The summed E-state index contributed by atoms with van der Waals surface area (Å²) in [5.74, 6) is 0.909.